The van der Waals surface area contributed by atoms with Crippen molar-refractivity contribution in [2.75, 3.05) is 39.3 Å². The van der Waals surface area contributed by atoms with Crippen LogP contribution in [0.25, 0.3) is 11.3 Å². The standard InChI is InChI=1S/C30H46N4O/c1-22(2)25-10-16-33(17-11-25)15-7-14-31-30(35)26-12-18-34(19-13-26)21-27-20-29(32-24(27)4)28-9-6-5-8-23(28)3/h5-6,8-9,20,22,25-26,32H,7,10-19,21H2,1-4H3,(H,31,35). The minimum absolute atomic E-state index is 0.169. The van der Waals surface area contributed by atoms with Crippen molar-refractivity contribution in [1.29, 1.82) is 0 Å². The normalized spacial score (nSPS) is 18.9. The lowest BCUT2D eigenvalue weighted by Gasteiger charge is -2.34. The molecule has 1 aromatic heterocycles. The Labute approximate surface area is 212 Å². The van der Waals surface area contributed by atoms with Crippen LogP contribution in [0.5, 0.6) is 0 Å². The number of nitrogens with one attached hydrogen (secondary N) is 2. The van der Waals surface area contributed by atoms with Crippen LogP contribution in [0.4, 0.5) is 0 Å². The van der Waals surface area contributed by atoms with Crippen LogP contribution in [0.1, 0.15) is 62.8 Å². The van der Waals surface area contributed by atoms with E-state index in [0.717, 1.165) is 63.8 Å². The molecule has 2 aliphatic heterocycles. The van der Waals surface area contributed by atoms with Crippen LogP contribution in [0.3, 0.4) is 0 Å². The van der Waals surface area contributed by atoms with E-state index in [2.05, 4.69) is 78.1 Å². The number of hydrogen-bond acceptors (Lipinski definition) is 3. The first-order chi connectivity index (χ1) is 16.9. The van der Waals surface area contributed by atoms with Gasteiger partial charge in [-0.25, -0.2) is 0 Å². The summed E-state index contributed by atoms with van der Waals surface area (Å²) in [4.78, 5) is 21.4. The van der Waals surface area contributed by atoms with Crippen molar-refractivity contribution in [3.63, 3.8) is 0 Å². The first kappa shape index (κ1) is 26.0. The maximum atomic E-state index is 12.7. The second-order valence-electron chi connectivity index (χ2n) is 11.3. The number of benzene rings is 1. The molecule has 3 heterocycles. The van der Waals surface area contributed by atoms with E-state index >= 15 is 0 Å². The molecular formula is C30H46N4O. The van der Waals surface area contributed by atoms with E-state index in [1.54, 1.807) is 0 Å². The van der Waals surface area contributed by atoms with Gasteiger partial charge in [-0.1, -0.05) is 38.1 Å². The summed E-state index contributed by atoms with van der Waals surface area (Å²) < 4.78 is 0. The summed E-state index contributed by atoms with van der Waals surface area (Å²) in [7, 11) is 0. The van der Waals surface area contributed by atoms with Crippen LogP contribution in [0.15, 0.2) is 30.3 Å². The Bertz CT molecular complexity index is 949. The van der Waals surface area contributed by atoms with Gasteiger partial charge in [-0.2, -0.15) is 0 Å². The second kappa shape index (κ2) is 12.2. The fraction of sp³-hybridized carbons (Fsp3) is 0.633. The number of carbonyl (C=O) groups excluding carboxylic acids is 1. The van der Waals surface area contributed by atoms with Crippen molar-refractivity contribution < 1.29 is 4.79 Å². The number of carbonyl (C=O) groups is 1. The van der Waals surface area contributed by atoms with E-state index in [9.17, 15) is 4.79 Å². The summed E-state index contributed by atoms with van der Waals surface area (Å²) >= 11 is 0. The Hall–Kier alpha value is -2.11. The molecule has 1 aromatic carbocycles. The van der Waals surface area contributed by atoms with Gasteiger partial charge in [-0.3, -0.25) is 9.69 Å². The quantitative estimate of drug-likeness (QED) is 0.476. The zero-order valence-electron chi connectivity index (χ0n) is 22.4. The third-order valence-corrected chi connectivity index (χ3v) is 8.44. The lowest BCUT2D eigenvalue weighted by molar-refractivity contribution is -0.126. The lowest BCUT2D eigenvalue weighted by Crippen LogP contribution is -2.41. The topological polar surface area (TPSA) is 51.4 Å². The Morgan fingerprint density at radius 2 is 1.71 bits per heavy atom. The van der Waals surface area contributed by atoms with Crippen LogP contribution in [0, 0.1) is 31.6 Å². The van der Waals surface area contributed by atoms with Crippen molar-refractivity contribution in [3.05, 3.63) is 47.2 Å². The van der Waals surface area contributed by atoms with Crippen molar-refractivity contribution in [1.82, 2.24) is 20.1 Å². The average molecular weight is 479 g/mol. The fourth-order valence-electron chi connectivity index (χ4n) is 5.88. The number of piperidine rings is 2. The van der Waals surface area contributed by atoms with Gasteiger partial charge in [0.05, 0.1) is 0 Å². The molecular weight excluding hydrogens is 432 g/mol. The minimum Gasteiger partial charge on any atom is -0.358 e. The Morgan fingerprint density at radius 1 is 1.03 bits per heavy atom. The third-order valence-electron chi connectivity index (χ3n) is 8.44. The number of aromatic nitrogens is 1. The van der Waals surface area contributed by atoms with Gasteiger partial charge < -0.3 is 15.2 Å². The van der Waals surface area contributed by atoms with E-state index in [1.165, 1.54) is 54.0 Å². The summed E-state index contributed by atoms with van der Waals surface area (Å²) in [5.41, 5.74) is 6.38. The molecule has 5 heteroatoms. The molecule has 0 unspecified atom stereocenters. The van der Waals surface area contributed by atoms with Crippen LogP contribution in [-0.4, -0.2) is 60.0 Å². The van der Waals surface area contributed by atoms with Gasteiger partial charge in [0.1, 0.15) is 0 Å². The molecule has 5 nitrogen and oxygen atoms in total. The average Bonchev–Trinajstić information content (AvgIpc) is 3.22. The maximum Gasteiger partial charge on any atom is 0.223 e. The van der Waals surface area contributed by atoms with E-state index in [0.29, 0.717) is 0 Å². The molecule has 0 spiro atoms. The van der Waals surface area contributed by atoms with E-state index in [-0.39, 0.29) is 11.8 Å². The van der Waals surface area contributed by atoms with Gasteiger partial charge in [0, 0.05) is 36.0 Å². The first-order valence-electron chi connectivity index (χ1n) is 13.9. The molecule has 0 atom stereocenters. The molecule has 4 rings (SSSR count). The number of nitrogens with zero attached hydrogens (tertiary/aromatic N) is 2. The molecule has 2 fully saturated rings. The number of amides is 1. The zero-order chi connectivity index (χ0) is 24.8. The summed E-state index contributed by atoms with van der Waals surface area (Å²) in [5, 5.41) is 3.23. The van der Waals surface area contributed by atoms with Gasteiger partial charge in [0.2, 0.25) is 5.91 Å². The zero-order valence-corrected chi connectivity index (χ0v) is 22.4. The highest BCUT2D eigenvalue weighted by atomic mass is 16.1. The van der Waals surface area contributed by atoms with Crippen LogP contribution in [-0.2, 0) is 11.3 Å². The highest BCUT2D eigenvalue weighted by Crippen LogP contribution is 2.27. The van der Waals surface area contributed by atoms with E-state index in [4.69, 9.17) is 0 Å². The molecule has 2 aromatic rings. The number of aryl methyl sites for hydroxylation is 2. The minimum atomic E-state index is 0.169. The van der Waals surface area contributed by atoms with Crippen LogP contribution < -0.4 is 5.32 Å². The SMILES string of the molecule is Cc1ccccc1-c1cc(CN2CCC(C(=O)NCCCN3CCC(C(C)C)CC3)CC2)c(C)[nH]1. The van der Waals surface area contributed by atoms with Gasteiger partial charge in [0.25, 0.3) is 0 Å². The Morgan fingerprint density at radius 3 is 2.40 bits per heavy atom. The highest BCUT2D eigenvalue weighted by molar-refractivity contribution is 5.78. The molecule has 2 N–H and O–H groups in total. The molecule has 0 aliphatic carbocycles. The van der Waals surface area contributed by atoms with Crippen LogP contribution >= 0.6 is 0 Å². The van der Waals surface area contributed by atoms with E-state index < -0.39 is 0 Å². The van der Waals surface area contributed by atoms with Gasteiger partial charge in [-0.05, 0) is 108 Å². The Balaban J connectivity index is 1.15. The summed E-state index contributed by atoms with van der Waals surface area (Å²) in [6.45, 7) is 16.4. The number of H-pyrrole nitrogens is 1. The van der Waals surface area contributed by atoms with Gasteiger partial charge in [0.15, 0.2) is 0 Å². The molecule has 0 saturated carbocycles. The summed E-state index contributed by atoms with van der Waals surface area (Å²) in [5.74, 6) is 2.14. The highest BCUT2D eigenvalue weighted by Gasteiger charge is 2.26. The van der Waals surface area contributed by atoms with Crippen molar-refractivity contribution in [2.45, 2.75) is 66.3 Å². The number of hydrogen-bond donors (Lipinski definition) is 2. The smallest absolute Gasteiger partial charge is 0.223 e. The van der Waals surface area contributed by atoms with Crippen molar-refractivity contribution in [3.8, 4) is 11.3 Å². The molecule has 2 saturated heterocycles. The Kier molecular flexibility index (Phi) is 9.07. The van der Waals surface area contributed by atoms with Crippen LogP contribution in [0.2, 0.25) is 0 Å². The largest absolute Gasteiger partial charge is 0.358 e. The lowest BCUT2D eigenvalue weighted by atomic mass is 9.87. The third kappa shape index (κ3) is 6.98. The summed E-state index contributed by atoms with van der Waals surface area (Å²) in [6, 6.07) is 10.8. The fourth-order valence-corrected chi connectivity index (χ4v) is 5.88. The molecule has 35 heavy (non-hydrogen) atoms. The summed E-state index contributed by atoms with van der Waals surface area (Å²) in [6.07, 6.45) is 5.65. The number of aromatic amines is 1. The predicted molar refractivity (Wildman–Crippen MR) is 145 cm³/mol. The van der Waals surface area contributed by atoms with E-state index in [1.807, 2.05) is 0 Å². The van der Waals surface area contributed by atoms with Gasteiger partial charge in [-0.15, -0.1) is 0 Å². The molecule has 192 valence electrons. The molecule has 1 amide bonds. The first-order valence-corrected chi connectivity index (χ1v) is 13.9. The number of likely N-dealkylation sites (tertiary alicyclic amines) is 2. The predicted octanol–water partition coefficient (Wildman–Crippen LogP) is 5.38. The number of rotatable bonds is 9. The van der Waals surface area contributed by atoms with Crippen molar-refractivity contribution >= 4 is 5.91 Å². The molecule has 0 radical (unpaired) electrons. The maximum absolute atomic E-state index is 12.7. The second-order valence-corrected chi connectivity index (χ2v) is 11.3. The van der Waals surface area contributed by atoms with Crippen molar-refractivity contribution in [2.24, 2.45) is 17.8 Å². The molecule has 2 aliphatic rings. The monoisotopic (exact) mass is 478 g/mol. The molecule has 0 bridgehead atoms. The van der Waals surface area contributed by atoms with Gasteiger partial charge >= 0.3 is 0 Å².